The fraction of sp³-hybridized carbons (Fsp3) is 0.0909. The van der Waals surface area contributed by atoms with Gasteiger partial charge in [-0.3, -0.25) is 4.79 Å². The maximum Gasteiger partial charge on any atom is 0.387 e. The zero-order chi connectivity index (χ0) is 22.1. The van der Waals surface area contributed by atoms with Crippen LogP contribution in [0.25, 0.3) is 21.4 Å². The Morgan fingerprint density at radius 3 is 2.78 bits per heavy atom. The third kappa shape index (κ3) is 3.87. The second kappa shape index (κ2) is 8.31. The largest absolute Gasteiger partial charge is 0.435 e. The molecule has 0 spiro atoms. The zero-order valence-electron chi connectivity index (χ0n) is 16.3. The number of anilines is 1. The van der Waals surface area contributed by atoms with Gasteiger partial charge in [0, 0.05) is 46.8 Å². The van der Waals surface area contributed by atoms with Crippen LogP contribution in [-0.4, -0.2) is 32.3 Å². The Kier molecular flexibility index (Phi) is 5.20. The number of H-pyrrole nitrogens is 1. The number of carbonyl (C=O) groups is 1. The van der Waals surface area contributed by atoms with E-state index in [2.05, 4.69) is 30.0 Å². The fourth-order valence-corrected chi connectivity index (χ4v) is 4.33. The van der Waals surface area contributed by atoms with Crippen LogP contribution in [0.4, 0.5) is 14.5 Å². The summed E-state index contributed by atoms with van der Waals surface area (Å²) in [6, 6.07) is 12.6. The number of para-hydroxylation sites is 1. The number of alkyl halides is 2. The summed E-state index contributed by atoms with van der Waals surface area (Å²) in [5.41, 5.74) is 2.18. The number of hydrogen-bond acceptors (Lipinski definition) is 7. The summed E-state index contributed by atoms with van der Waals surface area (Å²) in [7, 11) is 0. The van der Waals surface area contributed by atoms with E-state index < -0.39 is 12.7 Å². The molecule has 10 heteroatoms. The van der Waals surface area contributed by atoms with Crippen molar-refractivity contribution in [2.75, 3.05) is 5.32 Å². The summed E-state index contributed by atoms with van der Waals surface area (Å²) in [6.45, 7) is -2.95. The maximum absolute atomic E-state index is 13.7. The third-order valence-electron chi connectivity index (χ3n) is 4.80. The lowest BCUT2D eigenvalue weighted by molar-refractivity contribution is -0.0498. The molecule has 0 saturated carbocycles. The monoisotopic (exact) mass is 451 g/mol. The zero-order valence-corrected chi connectivity index (χ0v) is 17.1. The minimum atomic E-state index is -2.95. The van der Waals surface area contributed by atoms with Gasteiger partial charge in [0.05, 0.1) is 0 Å². The molecule has 2 aromatic carbocycles. The minimum absolute atomic E-state index is 0.0177. The second-order valence-corrected chi connectivity index (χ2v) is 7.84. The minimum Gasteiger partial charge on any atom is -0.435 e. The number of ketones is 1. The van der Waals surface area contributed by atoms with E-state index in [4.69, 9.17) is 0 Å². The summed E-state index contributed by atoms with van der Waals surface area (Å²) in [6.07, 6.45) is 4.74. The third-order valence-corrected chi connectivity index (χ3v) is 5.82. The first-order chi connectivity index (χ1) is 15.6. The highest BCUT2D eigenvalue weighted by molar-refractivity contribution is 7.18. The van der Waals surface area contributed by atoms with Crippen LogP contribution in [0.3, 0.4) is 0 Å². The molecule has 1 atom stereocenters. The van der Waals surface area contributed by atoms with E-state index in [0.717, 1.165) is 10.9 Å². The van der Waals surface area contributed by atoms with Crippen molar-refractivity contribution in [1.29, 1.82) is 0 Å². The van der Waals surface area contributed by atoms with Crippen LogP contribution >= 0.6 is 11.3 Å². The van der Waals surface area contributed by atoms with Gasteiger partial charge in [-0.1, -0.05) is 35.6 Å². The molecule has 5 rings (SSSR count). The molecule has 0 amide bonds. The van der Waals surface area contributed by atoms with E-state index in [0.29, 0.717) is 26.7 Å². The molecular formula is C22H15F2N5O2S. The van der Waals surface area contributed by atoms with E-state index in [1.165, 1.54) is 29.7 Å². The summed E-state index contributed by atoms with van der Waals surface area (Å²) in [5.74, 6) is -0.252. The molecule has 0 fully saturated rings. The van der Waals surface area contributed by atoms with Gasteiger partial charge >= 0.3 is 6.61 Å². The van der Waals surface area contributed by atoms with E-state index in [1.54, 1.807) is 24.5 Å². The summed E-state index contributed by atoms with van der Waals surface area (Å²) in [4.78, 5) is 30.3. The number of nitrogens with zero attached hydrogens (tertiary/aromatic N) is 3. The average molecular weight is 451 g/mol. The first-order valence-electron chi connectivity index (χ1n) is 9.57. The summed E-state index contributed by atoms with van der Waals surface area (Å²) < 4.78 is 29.8. The number of aromatic nitrogens is 4. The predicted molar refractivity (Wildman–Crippen MR) is 117 cm³/mol. The van der Waals surface area contributed by atoms with Gasteiger partial charge in [-0.25, -0.2) is 15.0 Å². The Hall–Kier alpha value is -3.92. The van der Waals surface area contributed by atoms with Crippen molar-refractivity contribution >= 4 is 44.2 Å². The number of benzene rings is 2. The predicted octanol–water partition coefficient (Wildman–Crippen LogP) is 5.21. The van der Waals surface area contributed by atoms with Gasteiger partial charge in [-0.05, 0) is 18.2 Å². The van der Waals surface area contributed by atoms with Gasteiger partial charge in [-0.2, -0.15) is 8.78 Å². The van der Waals surface area contributed by atoms with Crippen LogP contribution in [-0.2, 0) is 0 Å². The molecule has 5 aromatic rings. The lowest BCUT2D eigenvalue weighted by Crippen LogP contribution is -2.21. The maximum atomic E-state index is 13.7. The Balaban J connectivity index is 1.56. The highest BCUT2D eigenvalue weighted by atomic mass is 32.1. The van der Waals surface area contributed by atoms with Crippen molar-refractivity contribution in [3.05, 3.63) is 77.7 Å². The summed E-state index contributed by atoms with van der Waals surface area (Å²) >= 11 is 1.24. The Morgan fingerprint density at radius 2 is 1.94 bits per heavy atom. The Morgan fingerprint density at radius 1 is 1.09 bits per heavy atom. The van der Waals surface area contributed by atoms with Crippen molar-refractivity contribution in [1.82, 2.24) is 19.9 Å². The lowest BCUT2D eigenvalue weighted by atomic mass is 10.0. The molecule has 0 saturated heterocycles. The van der Waals surface area contributed by atoms with Crippen molar-refractivity contribution in [3.8, 4) is 5.75 Å². The van der Waals surface area contributed by atoms with Gasteiger partial charge in [0.1, 0.15) is 16.8 Å². The number of rotatable bonds is 7. The summed E-state index contributed by atoms with van der Waals surface area (Å²) in [5, 5.41) is 4.36. The van der Waals surface area contributed by atoms with E-state index in [-0.39, 0.29) is 11.5 Å². The van der Waals surface area contributed by atoms with Crippen LogP contribution in [0.15, 0.2) is 67.1 Å². The number of Topliss-reactive ketones (excluding diaryl/α,β-unsaturated/α-hetero) is 1. The van der Waals surface area contributed by atoms with Crippen molar-refractivity contribution < 1.29 is 18.3 Å². The van der Waals surface area contributed by atoms with Crippen molar-refractivity contribution in [2.45, 2.75) is 12.7 Å². The highest BCUT2D eigenvalue weighted by Gasteiger charge is 2.28. The van der Waals surface area contributed by atoms with Crippen LogP contribution in [0.5, 0.6) is 5.75 Å². The van der Waals surface area contributed by atoms with E-state index in [1.807, 2.05) is 24.3 Å². The molecular weight excluding hydrogens is 436 g/mol. The Bertz CT molecular complexity index is 1380. The highest BCUT2D eigenvalue weighted by Crippen LogP contribution is 2.32. The van der Waals surface area contributed by atoms with Gasteiger partial charge in [0.25, 0.3) is 0 Å². The average Bonchev–Trinajstić information content (AvgIpc) is 3.41. The number of nitrogens with one attached hydrogen (secondary N) is 2. The number of aromatic amines is 1. The van der Waals surface area contributed by atoms with Crippen LogP contribution in [0.2, 0.25) is 0 Å². The van der Waals surface area contributed by atoms with Gasteiger partial charge in [0.15, 0.2) is 16.3 Å². The lowest BCUT2D eigenvalue weighted by Gasteiger charge is -2.17. The first-order valence-corrected chi connectivity index (χ1v) is 10.4. The standard InChI is InChI=1S/C22H15F2N5O2S/c23-22(24)31-13-5-3-4-12(10-13)28-17(20-29-19-21(32-20)26-9-8-25-19)18(30)15-11-27-16-7-2-1-6-14(15)16/h1-11,17,22,27-28H. The molecule has 0 aliphatic rings. The van der Waals surface area contributed by atoms with Crippen LogP contribution < -0.4 is 10.1 Å². The normalized spacial score (nSPS) is 12.3. The van der Waals surface area contributed by atoms with Crippen molar-refractivity contribution in [3.63, 3.8) is 0 Å². The van der Waals surface area contributed by atoms with Crippen LogP contribution in [0, 0.1) is 0 Å². The first kappa shape index (κ1) is 20.0. The quantitative estimate of drug-likeness (QED) is 0.330. The number of thiazole rings is 1. The SMILES string of the molecule is O=C(c1c[nH]c2ccccc12)C(Nc1cccc(OC(F)F)c1)c1nc2nccnc2s1. The molecule has 32 heavy (non-hydrogen) atoms. The van der Waals surface area contributed by atoms with Gasteiger partial charge in [-0.15, -0.1) is 0 Å². The molecule has 0 bridgehead atoms. The molecule has 2 N–H and O–H groups in total. The van der Waals surface area contributed by atoms with E-state index in [9.17, 15) is 13.6 Å². The van der Waals surface area contributed by atoms with Crippen LogP contribution in [0.1, 0.15) is 21.4 Å². The van der Waals surface area contributed by atoms with Gasteiger partial charge in [0.2, 0.25) is 0 Å². The van der Waals surface area contributed by atoms with Crippen molar-refractivity contribution in [2.24, 2.45) is 0 Å². The molecule has 0 aliphatic carbocycles. The van der Waals surface area contributed by atoms with E-state index >= 15 is 0 Å². The molecule has 1 unspecified atom stereocenters. The number of hydrogen-bond donors (Lipinski definition) is 2. The molecule has 0 radical (unpaired) electrons. The molecule has 0 aliphatic heterocycles. The molecule has 7 nitrogen and oxygen atoms in total. The Labute approximate surface area is 184 Å². The molecule has 3 heterocycles. The second-order valence-electron chi connectivity index (χ2n) is 6.83. The number of carbonyl (C=O) groups excluding carboxylic acids is 1. The topological polar surface area (TPSA) is 92.8 Å². The number of fused-ring (bicyclic) bond motifs is 2. The molecule has 3 aromatic heterocycles. The molecule has 160 valence electrons. The van der Waals surface area contributed by atoms with Gasteiger partial charge < -0.3 is 15.0 Å². The fourth-order valence-electron chi connectivity index (χ4n) is 3.42. The smallest absolute Gasteiger partial charge is 0.387 e. The number of ether oxygens (including phenoxy) is 1. The number of halogens is 2.